The first-order valence-corrected chi connectivity index (χ1v) is 12.1. The van der Waals surface area contributed by atoms with Gasteiger partial charge in [-0.2, -0.15) is 10.4 Å². The van der Waals surface area contributed by atoms with Gasteiger partial charge in [0, 0.05) is 24.3 Å². The molecule has 3 aliphatic carbocycles. The van der Waals surface area contributed by atoms with Crippen molar-refractivity contribution in [1.82, 2.24) is 14.7 Å². The zero-order valence-corrected chi connectivity index (χ0v) is 18.8. The summed E-state index contributed by atoms with van der Waals surface area (Å²) in [7, 11) is 0. The predicted octanol–water partition coefficient (Wildman–Crippen LogP) is 5.02. The van der Waals surface area contributed by atoms with Crippen molar-refractivity contribution in [3.05, 3.63) is 65.6 Å². The molecule has 0 spiro atoms. The van der Waals surface area contributed by atoms with Crippen molar-refractivity contribution in [2.75, 3.05) is 6.54 Å². The number of aromatic nitrogens is 2. The Morgan fingerprint density at radius 2 is 1.97 bits per heavy atom. The third-order valence-corrected chi connectivity index (χ3v) is 8.27. The van der Waals surface area contributed by atoms with Crippen LogP contribution >= 0.6 is 0 Å². The summed E-state index contributed by atoms with van der Waals surface area (Å²) in [5, 5.41) is 14.6. The van der Waals surface area contributed by atoms with E-state index >= 15 is 0 Å². The maximum atomic E-state index is 14.5. The number of carbonyl (C=O) groups is 1. The van der Waals surface area contributed by atoms with E-state index in [2.05, 4.69) is 11.2 Å². The fraction of sp³-hybridized carbons (Fsp3) is 0.444. The summed E-state index contributed by atoms with van der Waals surface area (Å²) in [6.45, 7) is 0.817. The molecule has 1 amide bonds. The summed E-state index contributed by atoms with van der Waals surface area (Å²) >= 11 is 0. The number of amides is 1. The summed E-state index contributed by atoms with van der Waals surface area (Å²) in [5.74, 6) is 0.801. The van der Waals surface area contributed by atoms with Crippen LogP contribution in [-0.2, 0) is 11.3 Å². The van der Waals surface area contributed by atoms with E-state index in [9.17, 15) is 13.6 Å². The molecule has 1 aliphatic heterocycles. The first kappa shape index (κ1) is 21.3. The number of carbonyl (C=O) groups excluding carboxylic acids is 1. The van der Waals surface area contributed by atoms with Crippen molar-refractivity contribution < 1.29 is 13.6 Å². The minimum absolute atomic E-state index is 0.0200. The Kier molecular flexibility index (Phi) is 5.13. The molecule has 3 aromatic rings. The Bertz CT molecular complexity index is 1290. The molecule has 2 bridgehead atoms. The van der Waals surface area contributed by atoms with Crippen molar-refractivity contribution in [1.29, 1.82) is 5.26 Å². The Hall–Kier alpha value is -3.27. The van der Waals surface area contributed by atoms with Gasteiger partial charge in [-0.3, -0.25) is 9.48 Å². The Morgan fingerprint density at radius 3 is 2.76 bits per heavy atom. The molecule has 0 radical (unpaired) electrons. The molecule has 1 saturated heterocycles. The van der Waals surface area contributed by atoms with Gasteiger partial charge in [0.05, 0.1) is 35.9 Å². The lowest BCUT2D eigenvalue weighted by Crippen LogP contribution is -2.50. The second kappa shape index (κ2) is 8.19. The molecule has 0 N–H and O–H groups in total. The lowest BCUT2D eigenvalue weighted by Gasteiger charge is -2.51. The van der Waals surface area contributed by atoms with Crippen LogP contribution in [0.25, 0.3) is 10.9 Å². The van der Waals surface area contributed by atoms with Gasteiger partial charge in [0.15, 0.2) is 0 Å². The van der Waals surface area contributed by atoms with Crippen LogP contribution in [-0.4, -0.2) is 33.3 Å². The average Bonchev–Trinajstić information content (AvgIpc) is 3.40. The number of halogens is 2. The van der Waals surface area contributed by atoms with E-state index in [0.29, 0.717) is 28.9 Å². The van der Waals surface area contributed by atoms with E-state index < -0.39 is 12.2 Å². The van der Waals surface area contributed by atoms with Crippen LogP contribution in [0.5, 0.6) is 0 Å². The highest BCUT2D eigenvalue weighted by molar-refractivity contribution is 5.81. The second-order valence-electron chi connectivity index (χ2n) is 10.2. The lowest BCUT2D eigenvalue weighted by atomic mass is 9.55. The molecule has 4 aliphatic rings. The second-order valence-corrected chi connectivity index (χ2v) is 10.2. The molecule has 2 heterocycles. The fourth-order valence-electron chi connectivity index (χ4n) is 6.45. The zero-order valence-electron chi connectivity index (χ0n) is 18.8. The Balaban J connectivity index is 1.21. The van der Waals surface area contributed by atoms with Crippen LogP contribution in [0.15, 0.2) is 48.7 Å². The number of fused-ring (bicyclic) bond motifs is 3. The summed E-state index contributed by atoms with van der Waals surface area (Å²) in [5.41, 5.74) is 2.28. The molecular weight excluding hydrogens is 434 g/mol. The minimum atomic E-state index is -1.08. The highest BCUT2D eigenvalue weighted by Crippen LogP contribution is 2.54. The topological polar surface area (TPSA) is 61.9 Å². The van der Waals surface area contributed by atoms with Gasteiger partial charge in [-0.25, -0.2) is 8.78 Å². The van der Waals surface area contributed by atoms with Gasteiger partial charge in [0.25, 0.3) is 0 Å². The van der Waals surface area contributed by atoms with Crippen molar-refractivity contribution >= 4 is 16.8 Å². The molecule has 4 atom stereocenters. The first-order valence-electron chi connectivity index (χ1n) is 12.1. The molecule has 34 heavy (non-hydrogen) atoms. The van der Waals surface area contributed by atoms with Crippen LogP contribution in [0.3, 0.4) is 0 Å². The predicted molar refractivity (Wildman–Crippen MR) is 123 cm³/mol. The van der Waals surface area contributed by atoms with Crippen molar-refractivity contribution in [2.45, 2.75) is 44.4 Å². The molecule has 1 aromatic heterocycles. The lowest BCUT2D eigenvalue weighted by molar-refractivity contribution is -0.147. The molecule has 5 nitrogen and oxygen atoms in total. The number of nitriles is 1. The van der Waals surface area contributed by atoms with E-state index in [1.165, 1.54) is 12.1 Å². The van der Waals surface area contributed by atoms with Crippen LogP contribution < -0.4 is 0 Å². The SMILES string of the molecule is N#Cc1ccc2c(cnn2CC2C[C@H](C(=O)N3CC(F)CC3c3cccc(F)c3)C3CC2C3)c1. The zero-order chi connectivity index (χ0) is 23.4. The number of nitrogens with zero attached hydrogens (tertiary/aromatic N) is 4. The first-order chi connectivity index (χ1) is 16.5. The van der Waals surface area contributed by atoms with E-state index in [0.717, 1.165) is 36.7 Å². The molecule has 2 aromatic carbocycles. The van der Waals surface area contributed by atoms with Crippen LogP contribution in [0.1, 0.15) is 42.9 Å². The maximum Gasteiger partial charge on any atom is 0.226 e. The monoisotopic (exact) mass is 460 g/mol. The highest BCUT2D eigenvalue weighted by Gasteiger charge is 2.51. The number of alkyl halides is 1. The molecule has 4 fully saturated rings. The standard InChI is InChI=1S/C27H26F2N4O/c28-22-3-1-2-17(9-22)26-11-23(29)15-32(26)27(34)24-10-21(18-7-19(24)8-18)14-33-25-5-4-16(12-30)6-20(25)13-31-33/h1-6,9,13,18-19,21,23-24,26H,7-8,10-11,14-15H2/t18?,19?,21?,23?,24-,26?/m0/s1. The molecule has 7 heteroatoms. The molecule has 7 rings (SSSR count). The average molecular weight is 461 g/mol. The molecular formula is C27H26F2N4O. The third-order valence-electron chi connectivity index (χ3n) is 8.27. The van der Waals surface area contributed by atoms with E-state index in [4.69, 9.17) is 5.26 Å². The van der Waals surface area contributed by atoms with Crippen LogP contribution in [0.4, 0.5) is 8.78 Å². The van der Waals surface area contributed by atoms with E-state index in [1.54, 1.807) is 29.3 Å². The summed E-state index contributed by atoms with van der Waals surface area (Å²) < 4.78 is 30.3. The molecule has 3 saturated carbocycles. The van der Waals surface area contributed by atoms with Gasteiger partial charge in [-0.1, -0.05) is 12.1 Å². The summed E-state index contributed by atoms with van der Waals surface area (Å²) in [6.07, 6.45) is 3.75. The number of hydrogen-bond acceptors (Lipinski definition) is 3. The number of hydrogen-bond donors (Lipinski definition) is 0. The summed E-state index contributed by atoms with van der Waals surface area (Å²) in [4.78, 5) is 15.4. The van der Waals surface area contributed by atoms with E-state index in [-0.39, 0.29) is 30.6 Å². The quantitative estimate of drug-likeness (QED) is 0.549. The Morgan fingerprint density at radius 1 is 1.12 bits per heavy atom. The van der Waals surface area contributed by atoms with Crippen molar-refractivity contribution in [3.8, 4) is 6.07 Å². The third kappa shape index (κ3) is 3.56. The van der Waals surface area contributed by atoms with Crippen LogP contribution in [0.2, 0.25) is 0 Å². The van der Waals surface area contributed by atoms with Gasteiger partial charge in [0.2, 0.25) is 5.91 Å². The molecule has 174 valence electrons. The minimum Gasteiger partial charge on any atom is -0.332 e. The Labute approximate surface area is 197 Å². The van der Waals surface area contributed by atoms with Gasteiger partial charge in [-0.05, 0) is 72.9 Å². The van der Waals surface area contributed by atoms with Crippen molar-refractivity contribution in [3.63, 3.8) is 0 Å². The summed E-state index contributed by atoms with van der Waals surface area (Å²) in [6, 6.07) is 13.6. The fourth-order valence-corrected chi connectivity index (χ4v) is 6.45. The van der Waals surface area contributed by atoms with Crippen LogP contribution in [0, 0.1) is 40.8 Å². The number of benzene rings is 2. The van der Waals surface area contributed by atoms with E-state index in [1.807, 2.05) is 16.8 Å². The van der Waals surface area contributed by atoms with Gasteiger partial charge in [-0.15, -0.1) is 0 Å². The smallest absolute Gasteiger partial charge is 0.226 e. The highest BCUT2D eigenvalue weighted by atomic mass is 19.1. The van der Waals surface area contributed by atoms with Crippen molar-refractivity contribution in [2.24, 2.45) is 23.7 Å². The normalized spacial score (nSPS) is 30.2. The van der Waals surface area contributed by atoms with Gasteiger partial charge < -0.3 is 4.90 Å². The maximum absolute atomic E-state index is 14.5. The number of rotatable bonds is 4. The largest absolute Gasteiger partial charge is 0.332 e. The number of likely N-dealkylation sites (tertiary alicyclic amines) is 1. The van der Waals surface area contributed by atoms with Gasteiger partial charge >= 0.3 is 0 Å². The van der Waals surface area contributed by atoms with Gasteiger partial charge in [0.1, 0.15) is 12.0 Å². The molecule has 3 unspecified atom stereocenters.